The molecule has 1 unspecified atom stereocenters. The number of carboxylic acids is 1. The lowest BCUT2D eigenvalue weighted by molar-refractivity contribution is -0.141. The normalized spacial score (nSPS) is 12.4. The summed E-state index contributed by atoms with van der Waals surface area (Å²) < 4.78 is 0.775. The van der Waals surface area contributed by atoms with Crippen LogP contribution in [0.5, 0.6) is 0 Å². The number of amides is 1. The number of carbonyl (C=O) groups is 2. The number of aliphatic carboxylic acids is 1. The van der Waals surface area contributed by atoms with Gasteiger partial charge in [0.25, 0.3) is 5.91 Å². The van der Waals surface area contributed by atoms with Crippen molar-refractivity contribution >= 4 is 33.5 Å². The predicted octanol–water partition coefficient (Wildman–Crippen LogP) is 2.88. The summed E-state index contributed by atoms with van der Waals surface area (Å²) in [6.45, 7) is 3.72. The van der Waals surface area contributed by atoms with E-state index in [1.54, 1.807) is 18.2 Å². The summed E-state index contributed by atoms with van der Waals surface area (Å²) in [4.78, 5) is 23.2. The molecule has 0 heterocycles. The summed E-state index contributed by atoms with van der Waals surface area (Å²) >= 11 is 3.34. The maximum Gasteiger partial charge on any atom is 0.326 e. The molecule has 0 saturated carbocycles. The molecule has 0 aliphatic carbocycles. The average Bonchev–Trinajstić information content (AvgIpc) is 2.48. The number of anilines is 1. The molecule has 0 aliphatic heterocycles. The quantitative estimate of drug-likeness (QED) is 0.499. The third-order valence-electron chi connectivity index (χ3n) is 2.92. The van der Waals surface area contributed by atoms with Crippen LogP contribution in [0.1, 0.15) is 20.3 Å². The van der Waals surface area contributed by atoms with Crippen LogP contribution in [0.2, 0.25) is 0 Å². The van der Waals surface area contributed by atoms with Crippen molar-refractivity contribution in [3.05, 3.63) is 40.5 Å². The minimum absolute atomic E-state index is 0.101. The van der Waals surface area contributed by atoms with Crippen molar-refractivity contribution in [3.8, 4) is 6.07 Å². The summed E-state index contributed by atoms with van der Waals surface area (Å²) in [6.07, 6.45) is 1.54. The molecule has 122 valence electrons. The first-order valence-corrected chi connectivity index (χ1v) is 7.79. The Hall–Kier alpha value is -2.33. The number of nitrogens with zero attached hydrogens (tertiary/aromatic N) is 1. The standard InChI is InChI=1S/C16H18BrN3O3/c1-10(2)7-14(16(22)23)20-15(21)11(8-18)9-19-13-6-4-3-5-12(13)17/h3-6,9-10,14,19H,7H2,1-2H3,(H,20,21)(H,22,23)/b11-9-. The van der Waals surface area contributed by atoms with Gasteiger partial charge in [-0.25, -0.2) is 4.79 Å². The van der Waals surface area contributed by atoms with Gasteiger partial charge in [-0.1, -0.05) is 26.0 Å². The van der Waals surface area contributed by atoms with Gasteiger partial charge in [0.15, 0.2) is 0 Å². The first kappa shape index (κ1) is 18.7. The number of hydrogen-bond acceptors (Lipinski definition) is 4. The fourth-order valence-corrected chi connectivity index (χ4v) is 2.20. The van der Waals surface area contributed by atoms with Crippen molar-refractivity contribution in [2.45, 2.75) is 26.3 Å². The molecule has 6 nitrogen and oxygen atoms in total. The molecule has 1 aromatic rings. The SMILES string of the molecule is CC(C)CC(NC(=O)/C(C#N)=C\Nc1ccccc1Br)C(=O)O. The van der Waals surface area contributed by atoms with Gasteiger partial charge >= 0.3 is 5.97 Å². The van der Waals surface area contributed by atoms with Gasteiger partial charge < -0.3 is 15.7 Å². The van der Waals surface area contributed by atoms with Crippen LogP contribution >= 0.6 is 15.9 Å². The Kier molecular flexibility index (Phi) is 7.29. The highest BCUT2D eigenvalue weighted by atomic mass is 79.9. The van der Waals surface area contributed by atoms with Gasteiger partial charge in [-0.05, 0) is 40.4 Å². The molecule has 0 bridgehead atoms. The van der Waals surface area contributed by atoms with E-state index in [4.69, 9.17) is 10.4 Å². The number of hydrogen-bond donors (Lipinski definition) is 3. The Labute approximate surface area is 143 Å². The molecule has 0 saturated heterocycles. The molecule has 1 rings (SSSR count). The highest BCUT2D eigenvalue weighted by Gasteiger charge is 2.22. The fraction of sp³-hybridized carbons (Fsp3) is 0.312. The number of carboxylic acid groups (broad SMARTS) is 1. The Morgan fingerprint density at radius 2 is 2.04 bits per heavy atom. The van der Waals surface area contributed by atoms with E-state index < -0.39 is 17.9 Å². The second kappa shape index (κ2) is 8.96. The first-order valence-electron chi connectivity index (χ1n) is 7.00. The molecule has 7 heteroatoms. The second-order valence-electron chi connectivity index (χ2n) is 5.29. The number of nitriles is 1. The summed E-state index contributed by atoms with van der Waals surface area (Å²) in [6, 6.07) is 7.96. The number of nitrogens with one attached hydrogen (secondary N) is 2. The first-order chi connectivity index (χ1) is 10.8. The number of para-hydroxylation sites is 1. The van der Waals surface area contributed by atoms with Gasteiger partial charge in [0, 0.05) is 10.7 Å². The van der Waals surface area contributed by atoms with Crippen LogP contribution in [0, 0.1) is 17.2 Å². The average molecular weight is 380 g/mol. The van der Waals surface area contributed by atoms with Crippen LogP contribution in [-0.4, -0.2) is 23.0 Å². The largest absolute Gasteiger partial charge is 0.480 e. The molecule has 1 atom stereocenters. The molecule has 1 aromatic carbocycles. The van der Waals surface area contributed by atoms with Gasteiger partial charge in [0.2, 0.25) is 0 Å². The number of carbonyl (C=O) groups excluding carboxylic acids is 1. The Balaban J connectivity index is 2.82. The fourth-order valence-electron chi connectivity index (χ4n) is 1.81. The van der Waals surface area contributed by atoms with Crippen molar-refractivity contribution in [1.29, 1.82) is 5.26 Å². The van der Waals surface area contributed by atoms with E-state index >= 15 is 0 Å². The van der Waals surface area contributed by atoms with Crippen LogP contribution in [0.15, 0.2) is 40.5 Å². The van der Waals surface area contributed by atoms with E-state index in [0.29, 0.717) is 5.69 Å². The van der Waals surface area contributed by atoms with E-state index in [9.17, 15) is 9.59 Å². The van der Waals surface area contributed by atoms with Gasteiger partial charge in [-0.15, -0.1) is 0 Å². The molecule has 1 amide bonds. The van der Waals surface area contributed by atoms with Gasteiger partial charge in [0.05, 0.1) is 5.69 Å². The highest BCUT2D eigenvalue weighted by molar-refractivity contribution is 9.10. The van der Waals surface area contributed by atoms with E-state index in [-0.39, 0.29) is 17.9 Å². The Bertz CT molecular complexity index is 650. The molecule has 23 heavy (non-hydrogen) atoms. The lowest BCUT2D eigenvalue weighted by Gasteiger charge is -2.16. The third-order valence-corrected chi connectivity index (χ3v) is 3.61. The number of rotatable bonds is 7. The van der Waals surface area contributed by atoms with Crippen LogP contribution in [0.3, 0.4) is 0 Å². The predicted molar refractivity (Wildman–Crippen MR) is 90.5 cm³/mol. The van der Waals surface area contributed by atoms with Crippen molar-refractivity contribution in [1.82, 2.24) is 5.32 Å². The monoisotopic (exact) mass is 379 g/mol. The molecule has 0 radical (unpaired) electrons. The summed E-state index contributed by atoms with van der Waals surface area (Å²) in [7, 11) is 0. The summed E-state index contributed by atoms with van der Waals surface area (Å²) in [5, 5.41) is 23.4. The molecule has 0 spiro atoms. The van der Waals surface area contributed by atoms with Crippen molar-refractivity contribution in [2.75, 3.05) is 5.32 Å². The van der Waals surface area contributed by atoms with Crippen molar-refractivity contribution in [3.63, 3.8) is 0 Å². The topological polar surface area (TPSA) is 102 Å². The minimum atomic E-state index is -1.12. The molecule has 3 N–H and O–H groups in total. The zero-order valence-electron chi connectivity index (χ0n) is 12.8. The van der Waals surface area contributed by atoms with Crippen LogP contribution in [0.4, 0.5) is 5.69 Å². The van der Waals surface area contributed by atoms with E-state index in [0.717, 1.165) is 4.47 Å². The van der Waals surface area contributed by atoms with Crippen molar-refractivity contribution in [2.24, 2.45) is 5.92 Å². The second-order valence-corrected chi connectivity index (χ2v) is 6.14. The Morgan fingerprint density at radius 1 is 1.39 bits per heavy atom. The summed E-state index contributed by atoms with van der Waals surface area (Å²) in [5.74, 6) is -1.74. The third kappa shape index (κ3) is 6.12. The minimum Gasteiger partial charge on any atom is -0.480 e. The molecule has 0 aliphatic rings. The lowest BCUT2D eigenvalue weighted by atomic mass is 10.0. The maximum atomic E-state index is 12.1. The molecular weight excluding hydrogens is 362 g/mol. The van der Waals surface area contributed by atoms with E-state index in [1.165, 1.54) is 6.20 Å². The molecular formula is C16H18BrN3O3. The summed E-state index contributed by atoms with van der Waals surface area (Å²) in [5.41, 5.74) is 0.487. The van der Waals surface area contributed by atoms with Crippen LogP contribution in [-0.2, 0) is 9.59 Å². The van der Waals surface area contributed by atoms with Gasteiger partial charge in [-0.2, -0.15) is 5.26 Å². The van der Waals surface area contributed by atoms with Crippen LogP contribution in [0.25, 0.3) is 0 Å². The Morgan fingerprint density at radius 3 is 2.57 bits per heavy atom. The van der Waals surface area contributed by atoms with Gasteiger partial charge in [0.1, 0.15) is 17.7 Å². The molecule has 0 fully saturated rings. The van der Waals surface area contributed by atoms with Gasteiger partial charge in [-0.3, -0.25) is 4.79 Å². The smallest absolute Gasteiger partial charge is 0.326 e. The highest BCUT2D eigenvalue weighted by Crippen LogP contribution is 2.21. The lowest BCUT2D eigenvalue weighted by Crippen LogP contribution is -2.42. The van der Waals surface area contributed by atoms with Crippen LogP contribution < -0.4 is 10.6 Å². The maximum absolute atomic E-state index is 12.1. The zero-order chi connectivity index (χ0) is 17.4. The zero-order valence-corrected chi connectivity index (χ0v) is 14.4. The number of halogens is 1. The van der Waals surface area contributed by atoms with Crippen molar-refractivity contribution < 1.29 is 14.7 Å². The molecule has 0 aromatic heterocycles. The number of benzene rings is 1. The van der Waals surface area contributed by atoms with E-state index in [2.05, 4.69) is 26.6 Å². The van der Waals surface area contributed by atoms with E-state index in [1.807, 2.05) is 26.0 Å².